The van der Waals surface area contributed by atoms with E-state index < -0.39 is 0 Å². The number of aromatic nitrogens is 4. The van der Waals surface area contributed by atoms with Gasteiger partial charge in [0.25, 0.3) is 0 Å². The maximum atomic E-state index is 5.56. The Morgan fingerprint density at radius 3 is 2.74 bits per heavy atom. The van der Waals surface area contributed by atoms with Crippen molar-refractivity contribution < 1.29 is 4.74 Å². The third kappa shape index (κ3) is 3.88. The summed E-state index contributed by atoms with van der Waals surface area (Å²) in [5.41, 5.74) is 9.17. The van der Waals surface area contributed by atoms with Gasteiger partial charge in [0.1, 0.15) is 5.82 Å². The lowest BCUT2D eigenvalue weighted by Gasteiger charge is -2.29. The van der Waals surface area contributed by atoms with E-state index in [2.05, 4.69) is 63.7 Å². The molecule has 1 aliphatic rings. The van der Waals surface area contributed by atoms with Crippen molar-refractivity contribution in [2.24, 2.45) is 5.10 Å². The predicted octanol–water partition coefficient (Wildman–Crippen LogP) is 4.47. The number of para-hydroxylation sites is 1. The Kier molecular flexibility index (Phi) is 5.20. The molecule has 4 heterocycles. The number of rotatable bonds is 5. The summed E-state index contributed by atoms with van der Waals surface area (Å²) in [6.45, 7) is 5.07. The molecule has 2 N–H and O–H groups in total. The second-order valence-electron chi connectivity index (χ2n) is 8.42. The molecule has 0 saturated carbocycles. The van der Waals surface area contributed by atoms with Crippen molar-refractivity contribution in [2.75, 3.05) is 36.6 Å². The zero-order chi connectivity index (χ0) is 22.9. The van der Waals surface area contributed by atoms with Gasteiger partial charge in [-0.2, -0.15) is 14.7 Å². The number of morpholine rings is 1. The van der Waals surface area contributed by atoms with Gasteiger partial charge in [0.2, 0.25) is 0 Å². The number of hydrogen-bond acceptors (Lipinski definition) is 6. The number of anilines is 2. The van der Waals surface area contributed by atoms with Crippen LogP contribution >= 0.6 is 0 Å². The molecule has 0 unspecified atom stereocenters. The van der Waals surface area contributed by atoms with Crippen LogP contribution in [0.25, 0.3) is 27.8 Å². The first kappa shape index (κ1) is 20.4. The first-order valence-electron chi connectivity index (χ1n) is 11.4. The van der Waals surface area contributed by atoms with E-state index >= 15 is 0 Å². The predicted molar refractivity (Wildman–Crippen MR) is 136 cm³/mol. The molecule has 0 atom stereocenters. The Labute approximate surface area is 196 Å². The zero-order valence-electron chi connectivity index (χ0n) is 18.9. The molecular weight excluding hydrogens is 426 g/mol. The Morgan fingerprint density at radius 2 is 1.88 bits per heavy atom. The minimum Gasteiger partial charge on any atom is -0.378 e. The van der Waals surface area contributed by atoms with Crippen molar-refractivity contribution in [1.29, 1.82) is 0 Å². The van der Waals surface area contributed by atoms with Crippen LogP contribution in [0.2, 0.25) is 0 Å². The third-order valence-corrected chi connectivity index (χ3v) is 6.09. The summed E-state index contributed by atoms with van der Waals surface area (Å²) in [4.78, 5) is 10.3. The fourth-order valence-corrected chi connectivity index (χ4v) is 4.27. The maximum absolute atomic E-state index is 5.56. The first-order valence-corrected chi connectivity index (χ1v) is 11.4. The minimum absolute atomic E-state index is 0.667. The minimum atomic E-state index is 0.667. The second-order valence-corrected chi connectivity index (χ2v) is 8.42. The zero-order valence-corrected chi connectivity index (χ0v) is 18.9. The Morgan fingerprint density at radius 1 is 1.06 bits per heavy atom. The van der Waals surface area contributed by atoms with Crippen LogP contribution in [-0.2, 0) is 4.74 Å². The monoisotopic (exact) mass is 451 g/mol. The standard InChI is InChI=1S/C26H25N7O/c1-18-6-8-19(9-7-18)23-14-25-29-24(15-26(33(25)31-23)32-10-12-34-13-11-32)30-28-17-20-16-27-22-5-3-2-4-21(20)22/h2-9,14-17,27H,10-13H2,1H3,(H,29,30)/b28-17+. The van der Waals surface area contributed by atoms with Crippen LogP contribution < -0.4 is 10.3 Å². The highest BCUT2D eigenvalue weighted by Gasteiger charge is 2.18. The lowest BCUT2D eigenvalue weighted by molar-refractivity contribution is 0.122. The van der Waals surface area contributed by atoms with Gasteiger partial charge in [-0.15, -0.1) is 0 Å². The summed E-state index contributed by atoms with van der Waals surface area (Å²) in [7, 11) is 0. The molecule has 6 rings (SSSR count). The van der Waals surface area contributed by atoms with E-state index in [-0.39, 0.29) is 0 Å². The van der Waals surface area contributed by atoms with Gasteiger partial charge < -0.3 is 14.6 Å². The third-order valence-electron chi connectivity index (χ3n) is 6.09. The van der Waals surface area contributed by atoms with Gasteiger partial charge in [-0.05, 0) is 13.0 Å². The average molecular weight is 452 g/mol. The lowest BCUT2D eigenvalue weighted by Crippen LogP contribution is -2.37. The molecule has 1 fully saturated rings. The number of nitrogens with one attached hydrogen (secondary N) is 2. The van der Waals surface area contributed by atoms with E-state index in [0.717, 1.165) is 52.3 Å². The molecule has 0 spiro atoms. The summed E-state index contributed by atoms with van der Waals surface area (Å²) in [5, 5.41) is 10.5. The van der Waals surface area contributed by atoms with Crippen LogP contribution in [0.5, 0.6) is 0 Å². The largest absolute Gasteiger partial charge is 0.378 e. The molecule has 0 amide bonds. The van der Waals surface area contributed by atoms with E-state index in [9.17, 15) is 0 Å². The number of nitrogens with zero attached hydrogens (tertiary/aromatic N) is 5. The van der Waals surface area contributed by atoms with Crippen LogP contribution in [0.15, 0.2) is 72.0 Å². The van der Waals surface area contributed by atoms with Gasteiger partial charge in [0.05, 0.1) is 25.1 Å². The molecule has 0 radical (unpaired) electrons. The topological polar surface area (TPSA) is 82.8 Å². The fraction of sp³-hybridized carbons (Fsp3) is 0.192. The number of benzene rings is 2. The highest BCUT2D eigenvalue weighted by Crippen LogP contribution is 2.26. The summed E-state index contributed by atoms with van der Waals surface area (Å²) in [6.07, 6.45) is 3.77. The number of fused-ring (bicyclic) bond motifs is 2. The molecule has 5 aromatic rings. The number of aryl methyl sites for hydroxylation is 1. The number of hydrogen-bond donors (Lipinski definition) is 2. The van der Waals surface area contributed by atoms with Crippen LogP contribution in [0.1, 0.15) is 11.1 Å². The molecule has 3 aromatic heterocycles. The first-order chi connectivity index (χ1) is 16.7. The van der Waals surface area contributed by atoms with Gasteiger partial charge in [-0.25, -0.2) is 4.98 Å². The molecule has 170 valence electrons. The van der Waals surface area contributed by atoms with Gasteiger partial charge in [0.15, 0.2) is 11.5 Å². The van der Waals surface area contributed by atoms with Crippen molar-refractivity contribution >= 4 is 34.4 Å². The van der Waals surface area contributed by atoms with E-state index in [0.29, 0.717) is 19.0 Å². The summed E-state index contributed by atoms with van der Waals surface area (Å²) < 4.78 is 7.47. The number of ether oxygens (including phenoxy) is 1. The van der Waals surface area contributed by atoms with E-state index in [1.54, 1.807) is 0 Å². The van der Waals surface area contributed by atoms with E-state index in [4.69, 9.17) is 14.8 Å². The van der Waals surface area contributed by atoms with Crippen molar-refractivity contribution in [2.45, 2.75) is 6.92 Å². The van der Waals surface area contributed by atoms with E-state index in [1.807, 2.05) is 41.2 Å². The Hall–Kier alpha value is -4.17. The summed E-state index contributed by atoms with van der Waals surface area (Å²) in [6, 6.07) is 20.6. The van der Waals surface area contributed by atoms with Gasteiger partial charge in [0, 0.05) is 53.4 Å². The lowest BCUT2D eigenvalue weighted by atomic mass is 10.1. The second kappa shape index (κ2) is 8.64. The van der Waals surface area contributed by atoms with Crippen LogP contribution in [0, 0.1) is 6.92 Å². The molecule has 1 aliphatic heterocycles. The maximum Gasteiger partial charge on any atom is 0.160 e. The van der Waals surface area contributed by atoms with Crippen molar-refractivity contribution in [3.8, 4) is 11.3 Å². The molecule has 34 heavy (non-hydrogen) atoms. The van der Waals surface area contributed by atoms with Crippen LogP contribution in [0.4, 0.5) is 11.6 Å². The number of hydrazone groups is 1. The van der Waals surface area contributed by atoms with Crippen LogP contribution in [0.3, 0.4) is 0 Å². The molecule has 2 aromatic carbocycles. The Balaban J connectivity index is 1.36. The molecule has 1 saturated heterocycles. The van der Waals surface area contributed by atoms with Gasteiger partial charge in [-0.1, -0.05) is 48.0 Å². The molecular formula is C26H25N7O. The normalized spacial score (nSPS) is 14.4. The Bertz CT molecular complexity index is 1480. The highest BCUT2D eigenvalue weighted by molar-refractivity contribution is 5.99. The van der Waals surface area contributed by atoms with Crippen molar-refractivity contribution in [3.05, 3.63) is 78.0 Å². The molecule has 0 bridgehead atoms. The molecule has 0 aliphatic carbocycles. The summed E-state index contributed by atoms with van der Waals surface area (Å²) in [5.74, 6) is 1.64. The molecule has 8 nitrogen and oxygen atoms in total. The van der Waals surface area contributed by atoms with Crippen molar-refractivity contribution in [3.63, 3.8) is 0 Å². The molecule has 8 heteroatoms. The number of H-pyrrole nitrogens is 1. The SMILES string of the molecule is Cc1ccc(-c2cc3nc(N/N=C/c4c[nH]c5ccccc45)cc(N4CCOCC4)n3n2)cc1. The smallest absolute Gasteiger partial charge is 0.160 e. The highest BCUT2D eigenvalue weighted by atomic mass is 16.5. The van der Waals surface area contributed by atoms with Gasteiger partial charge in [-0.3, -0.25) is 5.43 Å². The quantitative estimate of drug-likeness (QED) is 0.304. The summed E-state index contributed by atoms with van der Waals surface area (Å²) >= 11 is 0. The van der Waals surface area contributed by atoms with Crippen molar-refractivity contribution in [1.82, 2.24) is 19.6 Å². The number of aromatic amines is 1. The van der Waals surface area contributed by atoms with E-state index in [1.165, 1.54) is 5.56 Å². The average Bonchev–Trinajstić information content (AvgIpc) is 3.49. The van der Waals surface area contributed by atoms with Crippen LogP contribution in [-0.4, -0.2) is 52.1 Å². The van der Waals surface area contributed by atoms with Gasteiger partial charge >= 0.3 is 0 Å². The fourth-order valence-electron chi connectivity index (χ4n) is 4.27.